The van der Waals surface area contributed by atoms with E-state index in [-0.39, 0.29) is 16.5 Å². The second-order valence-corrected chi connectivity index (χ2v) is 5.49. The highest BCUT2D eigenvalue weighted by atomic mass is 16.6. The van der Waals surface area contributed by atoms with Crippen LogP contribution in [0.4, 0.5) is 5.69 Å². The van der Waals surface area contributed by atoms with Gasteiger partial charge in [0.25, 0.3) is 5.69 Å². The van der Waals surface area contributed by atoms with Crippen LogP contribution in [0.3, 0.4) is 0 Å². The van der Waals surface area contributed by atoms with Crippen molar-refractivity contribution in [3.05, 3.63) is 64.4 Å². The van der Waals surface area contributed by atoms with Gasteiger partial charge in [-0.25, -0.2) is 0 Å². The maximum atomic E-state index is 11.2. The molecule has 1 heterocycles. The van der Waals surface area contributed by atoms with Crippen molar-refractivity contribution in [2.45, 2.75) is 26.3 Å². The van der Waals surface area contributed by atoms with E-state index in [0.717, 1.165) is 23.0 Å². The highest BCUT2D eigenvalue weighted by Crippen LogP contribution is 2.37. The van der Waals surface area contributed by atoms with Crippen LogP contribution in [-0.4, -0.2) is 9.49 Å². The minimum absolute atomic E-state index is 0.168. The maximum absolute atomic E-state index is 11.2. The van der Waals surface area contributed by atoms with Gasteiger partial charge in [0.15, 0.2) is 0 Å². The monoisotopic (exact) mass is 282 g/mol. The summed E-state index contributed by atoms with van der Waals surface area (Å²) < 4.78 is 2.16. The number of aromatic nitrogens is 1. The topological polar surface area (TPSA) is 48.1 Å². The number of non-ortho nitro benzene ring substituents is 1. The Morgan fingerprint density at radius 1 is 1.29 bits per heavy atom. The molecule has 1 aliphatic rings. The molecule has 1 aromatic carbocycles. The lowest BCUT2D eigenvalue weighted by atomic mass is 9.83. The number of nitrogens with zero attached hydrogens (tertiary/aromatic N) is 2. The Kier molecular flexibility index (Phi) is 3.37. The molecular formula is C17H18N2O2. The normalized spacial score (nSPS) is 21.0. The van der Waals surface area contributed by atoms with Gasteiger partial charge < -0.3 is 4.57 Å². The predicted octanol–water partition coefficient (Wildman–Crippen LogP) is 4.42. The molecule has 0 saturated heterocycles. The molecule has 2 aromatic rings. The summed E-state index contributed by atoms with van der Waals surface area (Å²) in [5.74, 6) is 0.512. The van der Waals surface area contributed by atoms with E-state index in [0.29, 0.717) is 5.92 Å². The lowest BCUT2D eigenvalue weighted by Crippen LogP contribution is -2.10. The average molecular weight is 282 g/mol. The molecule has 3 rings (SSSR count). The van der Waals surface area contributed by atoms with E-state index in [1.54, 1.807) is 12.1 Å². The van der Waals surface area contributed by atoms with Gasteiger partial charge in [-0.15, -0.1) is 0 Å². The van der Waals surface area contributed by atoms with Gasteiger partial charge in [-0.1, -0.05) is 31.2 Å². The molecule has 0 radical (unpaired) electrons. The molecule has 0 N–H and O–H groups in total. The van der Waals surface area contributed by atoms with Crippen LogP contribution in [-0.2, 0) is 6.54 Å². The summed E-state index contributed by atoms with van der Waals surface area (Å²) >= 11 is 0. The maximum Gasteiger partial charge on any atom is 0.270 e. The van der Waals surface area contributed by atoms with Gasteiger partial charge in [0, 0.05) is 36.2 Å². The molecule has 0 bridgehead atoms. The number of benzene rings is 1. The Labute approximate surface area is 123 Å². The molecule has 21 heavy (non-hydrogen) atoms. The van der Waals surface area contributed by atoms with Crippen molar-refractivity contribution in [2.24, 2.45) is 5.92 Å². The van der Waals surface area contributed by atoms with Gasteiger partial charge in [-0.2, -0.15) is 0 Å². The van der Waals surface area contributed by atoms with Gasteiger partial charge >= 0.3 is 0 Å². The molecular weight excluding hydrogens is 264 g/mol. The van der Waals surface area contributed by atoms with E-state index in [9.17, 15) is 10.1 Å². The minimum Gasteiger partial charge on any atom is -0.348 e. The summed E-state index contributed by atoms with van der Waals surface area (Å²) in [6, 6.07) is 5.36. The van der Waals surface area contributed by atoms with Crippen molar-refractivity contribution in [3.8, 4) is 0 Å². The zero-order valence-corrected chi connectivity index (χ0v) is 12.2. The fourth-order valence-corrected chi connectivity index (χ4v) is 3.10. The van der Waals surface area contributed by atoms with Crippen LogP contribution >= 0.6 is 0 Å². The number of aryl methyl sites for hydroxylation is 1. The van der Waals surface area contributed by atoms with E-state index < -0.39 is 0 Å². The second-order valence-electron chi connectivity index (χ2n) is 5.49. The Bertz CT molecular complexity index is 755. The molecule has 108 valence electrons. The first-order valence-electron chi connectivity index (χ1n) is 7.24. The Morgan fingerprint density at radius 3 is 2.71 bits per heavy atom. The van der Waals surface area contributed by atoms with Gasteiger partial charge in [0.05, 0.1) is 10.4 Å². The third-order valence-electron chi connectivity index (χ3n) is 4.20. The van der Waals surface area contributed by atoms with E-state index in [2.05, 4.69) is 30.6 Å². The Morgan fingerprint density at radius 2 is 2.05 bits per heavy atom. The summed E-state index contributed by atoms with van der Waals surface area (Å²) in [4.78, 5) is 10.9. The van der Waals surface area contributed by atoms with Crippen LogP contribution in [0.2, 0.25) is 0 Å². The van der Waals surface area contributed by atoms with Crippen molar-refractivity contribution in [1.82, 2.24) is 4.57 Å². The number of nitro benzene ring substituents is 1. The molecule has 0 fully saturated rings. The number of allylic oxidation sites excluding steroid dienone is 4. The number of rotatable bonds is 3. The third kappa shape index (κ3) is 2.27. The van der Waals surface area contributed by atoms with Gasteiger partial charge in [0.2, 0.25) is 0 Å². The highest BCUT2D eigenvalue weighted by molar-refractivity contribution is 5.86. The summed E-state index contributed by atoms with van der Waals surface area (Å²) in [6.07, 6.45) is 10.3. The van der Waals surface area contributed by atoms with Crippen LogP contribution in [0.25, 0.3) is 10.9 Å². The Hall–Kier alpha value is -2.36. The fraction of sp³-hybridized carbons (Fsp3) is 0.294. The second kappa shape index (κ2) is 5.20. The van der Waals surface area contributed by atoms with E-state index in [4.69, 9.17) is 0 Å². The van der Waals surface area contributed by atoms with E-state index >= 15 is 0 Å². The van der Waals surface area contributed by atoms with Gasteiger partial charge in [-0.05, 0) is 24.5 Å². The predicted molar refractivity (Wildman–Crippen MR) is 84.5 cm³/mol. The molecule has 1 aromatic heterocycles. The van der Waals surface area contributed by atoms with Crippen LogP contribution in [0.5, 0.6) is 0 Å². The highest BCUT2D eigenvalue weighted by Gasteiger charge is 2.23. The zero-order chi connectivity index (χ0) is 15.0. The fourth-order valence-electron chi connectivity index (χ4n) is 3.10. The van der Waals surface area contributed by atoms with E-state index in [1.165, 1.54) is 0 Å². The molecule has 2 unspecified atom stereocenters. The van der Waals surface area contributed by atoms with Crippen LogP contribution in [0.1, 0.15) is 25.3 Å². The van der Waals surface area contributed by atoms with Crippen molar-refractivity contribution in [2.75, 3.05) is 0 Å². The van der Waals surface area contributed by atoms with Crippen molar-refractivity contribution in [3.63, 3.8) is 0 Å². The molecule has 0 spiro atoms. The zero-order valence-electron chi connectivity index (χ0n) is 12.2. The molecule has 0 aliphatic heterocycles. The van der Waals surface area contributed by atoms with Gasteiger partial charge in [0.1, 0.15) is 0 Å². The largest absolute Gasteiger partial charge is 0.348 e. The molecule has 1 aliphatic carbocycles. The lowest BCUT2D eigenvalue weighted by Gasteiger charge is -2.22. The molecule has 0 saturated carbocycles. The van der Waals surface area contributed by atoms with Crippen LogP contribution in [0.15, 0.2) is 48.7 Å². The SMILES string of the molecule is CCn1ccc2cc([N+](=O)[O-])cc(C3C=CC=CC3C)c21. The van der Waals surface area contributed by atoms with E-state index in [1.807, 2.05) is 24.4 Å². The van der Waals surface area contributed by atoms with Crippen molar-refractivity contribution < 1.29 is 4.92 Å². The summed E-state index contributed by atoms with van der Waals surface area (Å²) in [7, 11) is 0. The van der Waals surface area contributed by atoms with Crippen LogP contribution in [0, 0.1) is 16.0 Å². The standard InChI is InChI=1S/C17H18N2O2/c1-3-18-9-8-13-10-14(19(20)21)11-16(17(13)18)15-7-5-4-6-12(15)2/h4-12,15H,3H2,1-2H3. The summed E-state index contributed by atoms with van der Waals surface area (Å²) in [5, 5.41) is 12.1. The summed E-state index contributed by atoms with van der Waals surface area (Å²) in [5.41, 5.74) is 2.32. The first kappa shape index (κ1) is 13.6. The third-order valence-corrected chi connectivity index (χ3v) is 4.20. The molecule has 2 atom stereocenters. The number of hydrogen-bond donors (Lipinski definition) is 0. The first-order chi connectivity index (χ1) is 10.1. The lowest BCUT2D eigenvalue weighted by molar-refractivity contribution is -0.384. The number of hydrogen-bond acceptors (Lipinski definition) is 2. The van der Waals surface area contributed by atoms with Crippen molar-refractivity contribution >= 4 is 16.6 Å². The quantitative estimate of drug-likeness (QED) is 0.618. The smallest absolute Gasteiger partial charge is 0.270 e. The minimum atomic E-state index is -0.306. The summed E-state index contributed by atoms with van der Waals surface area (Å²) in [6.45, 7) is 5.09. The van der Waals surface area contributed by atoms with Crippen LogP contribution < -0.4 is 0 Å². The number of fused-ring (bicyclic) bond motifs is 1. The Balaban J connectivity index is 2.27. The van der Waals surface area contributed by atoms with Crippen molar-refractivity contribution in [1.29, 1.82) is 0 Å². The molecule has 0 amide bonds. The average Bonchev–Trinajstić information content (AvgIpc) is 2.90. The first-order valence-corrected chi connectivity index (χ1v) is 7.24. The number of nitro groups is 1. The molecule has 4 nitrogen and oxygen atoms in total. The van der Waals surface area contributed by atoms with Gasteiger partial charge in [-0.3, -0.25) is 10.1 Å². The molecule has 4 heteroatoms.